The molecule has 0 spiro atoms. The van der Waals surface area contributed by atoms with Crippen LogP contribution in [0.4, 0.5) is 5.82 Å². The number of hydrogen-bond donors (Lipinski definition) is 1. The van der Waals surface area contributed by atoms with E-state index >= 15 is 0 Å². The largest absolute Gasteiger partial charge is 0.481 e. The molecule has 3 rings (SSSR count). The van der Waals surface area contributed by atoms with Gasteiger partial charge in [0.1, 0.15) is 5.82 Å². The molecule has 1 atom stereocenters. The van der Waals surface area contributed by atoms with Gasteiger partial charge in [-0.15, -0.1) is 0 Å². The van der Waals surface area contributed by atoms with Gasteiger partial charge in [0.2, 0.25) is 0 Å². The maximum atomic E-state index is 10.7. The van der Waals surface area contributed by atoms with Crippen LogP contribution in [0.15, 0.2) is 36.5 Å². The second kappa shape index (κ2) is 5.49. The van der Waals surface area contributed by atoms with Crippen LogP contribution in [0.1, 0.15) is 19.3 Å². The first-order chi connectivity index (χ1) is 9.74. The van der Waals surface area contributed by atoms with E-state index in [1.807, 2.05) is 24.4 Å². The van der Waals surface area contributed by atoms with Crippen molar-refractivity contribution in [2.75, 3.05) is 18.0 Å². The lowest BCUT2D eigenvalue weighted by Crippen LogP contribution is -2.21. The van der Waals surface area contributed by atoms with Crippen LogP contribution in [-0.2, 0) is 4.79 Å². The summed E-state index contributed by atoms with van der Waals surface area (Å²) >= 11 is 0. The molecule has 4 heteroatoms. The lowest BCUT2D eigenvalue weighted by atomic mass is 10.0. The van der Waals surface area contributed by atoms with Crippen LogP contribution in [0.2, 0.25) is 0 Å². The van der Waals surface area contributed by atoms with Crippen molar-refractivity contribution >= 4 is 22.6 Å². The minimum absolute atomic E-state index is 0.265. The number of rotatable bonds is 4. The van der Waals surface area contributed by atoms with E-state index in [9.17, 15) is 4.79 Å². The minimum Gasteiger partial charge on any atom is -0.481 e. The highest BCUT2D eigenvalue weighted by atomic mass is 16.4. The van der Waals surface area contributed by atoms with E-state index in [1.54, 1.807) is 0 Å². The molecule has 1 fully saturated rings. The Balaban J connectivity index is 1.78. The summed E-state index contributed by atoms with van der Waals surface area (Å²) in [7, 11) is 0. The average Bonchev–Trinajstić information content (AvgIpc) is 2.93. The van der Waals surface area contributed by atoms with Gasteiger partial charge in [-0.25, -0.2) is 4.98 Å². The van der Waals surface area contributed by atoms with Crippen LogP contribution in [0.3, 0.4) is 0 Å². The van der Waals surface area contributed by atoms with Crippen LogP contribution < -0.4 is 4.90 Å². The molecule has 1 aromatic heterocycles. The van der Waals surface area contributed by atoms with Gasteiger partial charge in [0, 0.05) is 31.1 Å². The Labute approximate surface area is 118 Å². The predicted molar refractivity (Wildman–Crippen MR) is 78.9 cm³/mol. The first-order valence-corrected chi connectivity index (χ1v) is 7.04. The SMILES string of the molecule is O=C(O)CCC1CCN(c2nccc3ccccc23)C1. The third kappa shape index (κ3) is 2.59. The molecule has 1 N–H and O–H groups in total. The molecule has 1 aromatic carbocycles. The average molecular weight is 270 g/mol. The molecule has 0 radical (unpaired) electrons. The molecule has 2 aromatic rings. The molecule has 2 heterocycles. The number of fused-ring (bicyclic) bond motifs is 1. The zero-order chi connectivity index (χ0) is 13.9. The zero-order valence-corrected chi connectivity index (χ0v) is 11.3. The van der Waals surface area contributed by atoms with Gasteiger partial charge in [-0.1, -0.05) is 24.3 Å². The number of carboxylic acids is 1. The van der Waals surface area contributed by atoms with Gasteiger partial charge in [-0.05, 0) is 30.2 Å². The first-order valence-electron chi connectivity index (χ1n) is 7.04. The summed E-state index contributed by atoms with van der Waals surface area (Å²) in [5.41, 5.74) is 0. The molecule has 0 amide bonds. The fourth-order valence-corrected chi connectivity index (χ4v) is 2.94. The Kier molecular flexibility index (Phi) is 3.54. The number of nitrogens with zero attached hydrogens (tertiary/aromatic N) is 2. The fourth-order valence-electron chi connectivity index (χ4n) is 2.94. The number of carboxylic acid groups (broad SMARTS) is 1. The number of hydrogen-bond acceptors (Lipinski definition) is 3. The molecule has 1 aliphatic rings. The number of anilines is 1. The summed E-state index contributed by atoms with van der Waals surface area (Å²) < 4.78 is 0. The van der Waals surface area contributed by atoms with Gasteiger partial charge < -0.3 is 10.0 Å². The van der Waals surface area contributed by atoms with Crippen molar-refractivity contribution in [1.82, 2.24) is 4.98 Å². The Hall–Kier alpha value is -2.10. The summed E-state index contributed by atoms with van der Waals surface area (Å²) in [6, 6.07) is 10.3. The van der Waals surface area contributed by atoms with Crippen molar-refractivity contribution < 1.29 is 9.90 Å². The summed E-state index contributed by atoms with van der Waals surface area (Å²) in [6.45, 7) is 1.87. The quantitative estimate of drug-likeness (QED) is 0.928. The van der Waals surface area contributed by atoms with Gasteiger partial charge in [0.05, 0.1) is 0 Å². The monoisotopic (exact) mass is 270 g/mol. The molecule has 4 nitrogen and oxygen atoms in total. The number of pyridine rings is 1. The second-order valence-corrected chi connectivity index (χ2v) is 5.39. The Morgan fingerprint density at radius 1 is 1.35 bits per heavy atom. The summed E-state index contributed by atoms with van der Waals surface area (Å²) in [6.07, 6.45) is 3.93. The summed E-state index contributed by atoms with van der Waals surface area (Å²) in [5.74, 6) is 0.791. The normalized spacial score (nSPS) is 18.6. The maximum absolute atomic E-state index is 10.7. The highest BCUT2D eigenvalue weighted by Crippen LogP contribution is 2.30. The molecule has 104 valence electrons. The number of carbonyl (C=O) groups is 1. The van der Waals surface area contributed by atoms with Crippen molar-refractivity contribution in [3.8, 4) is 0 Å². The lowest BCUT2D eigenvalue weighted by Gasteiger charge is -2.19. The number of aliphatic carboxylic acids is 1. The van der Waals surface area contributed by atoms with Gasteiger partial charge in [0.25, 0.3) is 0 Å². The van der Waals surface area contributed by atoms with Crippen molar-refractivity contribution in [1.29, 1.82) is 0 Å². The molecule has 1 saturated heterocycles. The Morgan fingerprint density at radius 3 is 3.05 bits per heavy atom. The van der Waals surface area contributed by atoms with Gasteiger partial charge in [-0.2, -0.15) is 0 Å². The van der Waals surface area contributed by atoms with Crippen LogP contribution in [0.5, 0.6) is 0 Å². The predicted octanol–water partition coefficient (Wildman–Crippen LogP) is 2.93. The molecule has 20 heavy (non-hydrogen) atoms. The molecule has 1 unspecified atom stereocenters. The fraction of sp³-hybridized carbons (Fsp3) is 0.375. The Morgan fingerprint density at radius 2 is 2.20 bits per heavy atom. The number of aromatic nitrogens is 1. The van der Waals surface area contributed by atoms with E-state index in [0.29, 0.717) is 5.92 Å². The van der Waals surface area contributed by atoms with Crippen LogP contribution in [-0.4, -0.2) is 29.1 Å². The standard InChI is InChI=1S/C16H18N2O2/c19-15(20)6-5-12-8-10-18(11-12)16-14-4-2-1-3-13(14)7-9-17-16/h1-4,7,9,12H,5-6,8,10-11H2,(H,19,20). The van der Waals surface area contributed by atoms with E-state index in [1.165, 1.54) is 10.8 Å². The van der Waals surface area contributed by atoms with Gasteiger partial charge >= 0.3 is 5.97 Å². The van der Waals surface area contributed by atoms with E-state index in [0.717, 1.165) is 31.7 Å². The third-order valence-corrected chi connectivity index (χ3v) is 4.00. The smallest absolute Gasteiger partial charge is 0.303 e. The number of benzene rings is 1. The summed E-state index contributed by atoms with van der Waals surface area (Å²) in [5, 5.41) is 11.1. The van der Waals surface area contributed by atoms with E-state index in [-0.39, 0.29) is 6.42 Å². The molecular formula is C16H18N2O2. The zero-order valence-electron chi connectivity index (χ0n) is 11.3. The van der Waals surface area contributed by atoms with Crippen molar-refractivity contribution in [2.45, 2.75) is 19.3 Å². The van der Waals surface area contributed by atoms with Crippen LogP contribution in [0.25, 0.3) is 10.8 Å². The molecule has 0 aliphatic carbocycles. The van der Waals surface area contributed by atoms with E-state index < -0.39 is 5.97 Å². The van der Waals surface area contributed by atoms with E-state index in [4.69, 9.17) is 5.11 Å². The lowest BCUT2D eigenvalue weighted by molar-refractivity contribution is -0.137. The topological polar surface area (TPSA) is 53.4 Å². The highest BCUT2D eigenvalue weighted by Gasteiger charge is 2.24. The first kappa shape index (κ1) is 12.9. The third-order valence-electron chi connectivity index (χ3n) is 4.00. The molecule has 0 bridgehead atoms. The molecule has 1 aliphatic heterocycles. The molecular weight excluding hydrogens is 252 g/mol. The second-order valence-electron chi connectivity index (χ2n) is 5.39. The molecule has 0 saturated carbocycles. The minimum atomic E-state index is -0.702. The van der Waals surface area contributed by atoms with Crippen molar-refractivity contribution in [2.24, 2.45) is 5.92 Å². The summed E-state index contributed by atoms with van der Waals surface area (Å²) in [4.78, 5) is 17.5. The van der Waals surface area contributed by atoms with Gasteiger partial charge in [-0.3, -0.25) is 4.79 Å². The van der Waals surface area contributed by atoms with Crippen LogP contribution in [0, 0.1) is 5.92 Å². The Bertz CT molecular complexity index is 621. The van der Waals surface area contributed by atoms with Crippen LogP contribution >= 0.6 is 0 Å². The van der Waals surface area contributed by atoms with Crippen molar-refractivity contribution in [3.05, 3.63) is 36.5 Å². The van der Waals surface area contributed by atoms with Crippen molar-refractivity contribution in [3.63, 3.8) is 0 Å². The van der Waals surface area contributed by atoms with Gasteiger partial charge in [0.15, 0.2) is 0 Å². The van der Waals surface area contributed by atoms with E-state index in [2.05, 4.69) is 22.0 Å². The highest BCUT2D eigenvalue weighted by molar-refractivity contribution is 5.92. The maximum Gasteiger partial charge on any atom is 0.303 e.